The first-order chi connectivity index (χ1) is 8.08. The Morgan fingerprint density at radius 2 is 1.82 bits per heavy atom. The summed E-state index contributed by atoms with van der Waals surface area (Å²) in [5, 5.41) is 12.1. The molecule has 0 heterocycles. The maximum Gasteiger partial charge on any atom is 0.326 e. The smallest absolute Gasteiger partial charge is 0.326 e. The van der Waals surface area contributed by atoms with Crippen LogP contribution in [0.3, 0.4) is 0 Å². The first kappa shape index (κ1) is 13.5. The molecule has 1 aromatic carbocycles. The molecule has 1 aromatic rings. The minimum Gasteiger partial charge on any atom is -0.480 e. The van der Waals surface area contributed by atoms with Crippen molar-refractivity contribution >= 4 is 11.7 Å². The molecule has 17 heavy (non-hydrogen) atoms. The van der Waals surface area contributed by atoms with Gasteiger partial charge in [0, 0.05) is 5.69 Å². The summed E-state index contributed by atoms with van der Waals surface area (Å²) >= 11 is 0. The molecule has 0 saturated carbocycles. The minimum absolute atomic E-state index is 0.0672. The lowest BCUT2D eigenvalue weighted by Gasteiger charge is -2.23. The topological polar surface area (TPSA) is 49.3 Å². The van der Waals surface area contributed by atoms with Crippen LogP contribution >= 0.6 is 0 Å². The van der Waals surface area contributed by atoms with Gasteiger partial charge in [-0.15, -0.1) is 0 Å². The number of hydrogen-bond acceptors (Lipinski definition) is 2. The van der Waals surface area contributed by atoms with Crippen LogP contribution in [-0.2, 0) is 4.79 Å². The van der Waals surface area contributed by atoms with Crippen molar-refractivity contribution in [3.63, 3.8) is 0 Å². The van der Waals surface area contributed by atoms with Gasteiger partial charge in [-0.05, 0) is 30.2 Å². The van der Waals surface area contributed by atoms with Crippen molar-refractivity contribution in [2.75, 3.05) is 5.32 Å². The molecule has 4 heteroatoms. The molecule has 0 radical (unpaired) electrons. The fraction of sp³-hybridized carbons (Fsp3) is 0.462. The van der Waals surface area contributed by atoms with E-state index >= 15 is 0 Å². The molecule has 1 atom stereocenters. The predicted molar refractivity (Wildman–Crippen MR) is 65.5 cm³/mol. The zero-order valence-corrected chi connectivity index (χ0v) is 10.1. The molecule has 2 N–H and O–H groups in total. The SMILES string of the molecule is CCC(CC)C(Nc1ccc(F)cc1)C(=O)O. The molecule has 94 valence electrons. The summed E-state index contributed by atoms with van der Waals surface area (Å²) in [4.78, 5) is 11.2. The van der Waals surface area contributed by atoms with E-state index in [-0.39, 0.29) is 11.7 Å². The largest absolute Gasteiger partial charge is 0.480 e. The van der Waals surface area contributed by atoms with Crippen LogP contribution in [0.2, 0.25) is 0 Å². The highest BCUT2D eigenvalue weighted by molar-refractivity contribution is 5.77. The predicted octanol–water partition coefficient (Wildman–Crippen LogP) is 3.13. The van der Waals surface area contributed by atoms with Gasteiger partial charge in [0.1, 0.15) is 11.9 Å². The quantitative estimate of drug-likeness (QED) is 0.801. The zero-order chi connectivity index (χ0) is 12.8. The Bertz CT molecular complexity index is 360. The molecule has 1 unspecified atom stereocenters. The first-order valence-corrected chi connectivity index (χ1v) is 5.83. The number of benzene rings is 1. The highest BCUT2D eigenvalue weighted by Crippen LogP contribution is 2.19. The third-order valence-electron chi connectivity index (χ3n) is 2.95. The molecule has 0 aromatic heterocycles. The van der Waals surface area contributed by atoms with E-state index in [4.69, 9.17) is 0 Å². The van der Waals surface area contributed by atoms with Gasteiger partial charge >= 0.3 is 5.97 Å². The standard InChI is InChI=1S/C13H18FNO2/c1-3-9(4-2)12(13(16)17)15-11-7-5-10(14)6-8-11/h5-9,12,15H,3-4H2,1-2H3,(H,16,17). The van der Waals surface area contributed by atoms with Crippen LogP contribution in [0.5, 0.6) is 0 Å². The average Bonchev–Trinajstić information content (AvgIpc) is 2.31. The number of carboxylic acid groups (broad SMARTS) is 1. The Labute approximate surface area is 101 Å². The second-order valence-electron chi connectivity index (χ2n) is 4.04. The highest BCUT2D eigenvalue weighted by atomic mass is 19.1. The average molecular weight is 239 g/mol. The van der Waals surface area contributed by atoms with Crippen molar-refractivity contribution in [1.82, 2.24) is 0 Å². The monoisotopic (exact) mass is 239 g/mol. The lowest BCUT2D eigenvalue weighted by molar-refractivity contribution is -0.139. The summed E-state index contributed by atoms with van der Waals surface area (Å²) in [6.07, 6.45) is 1.59. The third-order valence-corrected chi connectivity index (χ3v) is 2.95. The van der Waals surface area contributed by atoms with Crippen molar-refractivity contribution in [3.05, 3.63) is 30.1 Å². The van der Waals surface area contributed by atoms with E-state index in [1.807, 2.05) is 13.8 Å². The van der Waals surface area contributed by atoms with E-state index in [1.54, 1.807) is 12.1 Å². The lowest BCUT2D eigenvalue weighted by Crippen LogP contribution is -2.36. The molecule has 0 aliphatic heterocycles. The van der Waals surface area contributed by atoms with Gasteiger partial charge < -0.3 is 10.4 Å². The summed E-state index contributed by atoms with van der Waals surface area (Å²) in [5.41, 5.74) is 0.630. The van der Waals surface area contributed by atoms with Gasteiger partial charge in [-0.2, -0.15) is 0 Å². The Morgan fingerprint density at radius 1 is 1.29 bits per heavy atom. The highest BCUT2D eigenvalue weighted by Gasteiger charge is 2.25. The normalized spacial score (nSPS) is 12.5. The van der Waals surface area contributed by atoms with E-state index in [1.165, 1.54) is 12.1 Å². The van der Waals surface area contributed by atoms with Gasteiger partial charge in [0.15, 0.2) is 0 Å². The van der Waals surface area contributed by atoms with Gasteiger partial charge in [-0.3, -0.25) is 0 Å². The van der Waals surface area contributed by atoms with E-state index in [0.717, 1.165) is 12.8 Å². The Morgan fingerprint density at radius 3 is 2.24 bits per heavy atom. The Balaban J connectivity index is 2.79. The fourth-order valence-corrected chi connectivity index (χ4v) is 1.87. The molecule has 0 saturated heterocycles. The Kier molecular flexibility index (Phi) is 4.94. The summed E-state index contributed by atoms with van der Waals surface area (Å²) in [6.45, 7) is 3.94. The summed E-state index contributed by atoms with van der Waals surface area (Å²) in [6, 6.07) is 5.10. The van der Waals surface area contributed by atoms with Crippen molar-refractivity contribution in [3.8, 4) is 0 Å². The number of hydrogen-bond donors (Lipinski definition) is 2. The summed E-state index contributed by atoms with van der Waals surface area (Å²) in [5.74, 6) is -1.13. The minimum atomic E-state index is -0.872. The number of nitrogens with one attached hydrogen (secondary N) is 1. The number of rotatable bonds is 6. The number of halogens is 1. The van der Waals surface area contributed by atoms with Crippen LogP contribution in [0.15, 0.2) is 24.3 Å². The second kappa shape index (κ2) is 6.23. The van der Waals surface area contributed by atoms with Gasteiger partial charge in [0.25, 0.3) is 0 Å². The van der Waals surface area contributed by atoms with Gasteiger partial charge in [0.2, 0.25) is 0 Å². The van der Waals surface area contributed by atoms with E-state index in [9.17, 15) is 14.3 Å². The number of carboxylic acids is 1. The number of aliphatic carboxylic acids is 1. The molecule has 0 fully saturated rings. The van der Waals surface area contributed by atoms with Crippen LogP contribution in [0.4, 0.5) is 10.1 Å². The molecule has 0 amide bonds. The van der Waals surface area contributed by atoms with Gasteiger partial charge in [-0.1, -0.05) is 26.7 Å². The van der Waals surface area contributed by atoms with E-state index in [2.05, 4.69) is 5.32 Å². The summed E-state index contributed by atoms with van der Waals surface area (Å²) < 4.78 is 12.7. The van der Waals surface area contributed by atoms with Crippen LogP contribution in [0.1, 0.15) is 26.7 Å². The van der Waals surface area contributed by atoms with Crippen LogP contribution in [-0.4, -0.2) is 17.1 Å². The third kappa shape index (κ3) is 3.73. The zero-order valence-electron chi connectivity index (χ0n) is 10.1. The van der Waals surface area contributed by atoms with Crippen molar-refractivity contribution in [2.45, 2.75) is 32.7 Å². The lowest BCUT2D eigenvalue weighted by atomic mass is 9.94. The molecule has 0 aliphatic carbocycles. The van der Waals surface area contributed by atoms with E-state index in [0.29, 0.717) is 5.69 Å². The van der Waals surface area contributed by atoms with Crippen LogP contribution < -0.4 is 5.32 Å². The van der Waals surface area contributed by atoms with E-state index < -0.39 is 12.0 Å². The maximum absolute atomic E-state index is 12.7. The Hall–Kier alpha value is -1.58. The molecule has 0 aliphatic rings. The molecule has 0 bridgehead atoms. The van der Waals surface area contributed by atoms with Crippen molar-refractivity contribution < 1.29 is 14.3 Å². The summed E-state index contributed by atoms with van der Waals surface area (Å²) in [7, 11) is 0. The molecule has 3 nitrogen and oxygen atoms in total. The molecule has 0 spiro atoms. The number of anilines is 1. The maximum atomic E-state index is 12.7. The molecular weight excluding hydrogens is 221 g/mol. The van der Waals surface area contributed by atoms with Crippen molar-refractivity contribution in [1.29, 1.82) is 0 Å². The second-order valence-corrected chi connectivity index (χ2v) is 4.04. The first-order valence-electron chi connectivity index (χ1n) is 5.83. The van der Waals surface area contributed by atoms with Crippen LogP contribution in [0, 0.1) is 11.7 Å². The van der Waals surface area contributed by atoms with Gasteiger partial charge in [0.05, 0.1) is 0 Å². The fourth-order valence-electron chi connectivity index (χ4n) is 1.87. The van der Waals surface area contributed by atoms with Crippen molar-refractivity contribution in [2.24, 2.45) is 5.92 Å². The molecule has 1 rings (SSSR count). The van der Waals surface area contributed by atoms with Crippen LogP contribution in [0.25, 0.3) is 0 Å². The van der Waals surface area contributed by atoms with Gasteiger partial charge in [-0.25, -0.2) is 9.18 Å². The number of carbonyl (C=O) groups is 1. The molecular formula is C13H18FNO2.